The average Bonchev–Trinajstić information content (AvgIpc) is 3.26. The minimum absolute atomic E-state index is 0.277. The number of aliphatic hydroxyl groups is 1. The lowest BCUT2D eigenvalue weighted by Gasteiger charge is -2.23. The van der Waals surface area contributed by atoms with Gasteiger partial charge in [0.05, 0.1) is 6.61 Å². The summed E-state index contributed by atoms with van der Waals surface area (Å²) in [5, 5.41) is 9.87. The smallest absolute Gasteiger partial charge is 0.0589 e. The molecule has 28 heavy (non-hydrogen) atoms. The number of likely N-dealkylation sites (N-methyl/N-ethyl adjacent to an activating group) is 1. The fourth-order valence-corrected chi connectivity index (χ4v) is 4.87. The molecular formula is C24H32N2O2. The highest BCUT2D eigenvalue weighted by Gasteiger charge is 2.33. The van der Waals surface area contributed by atoms with Crippen molar-refractivity contribution < 1.29 is 9.84 Å². The molecule has 0 aromatic heterocycles. The van der Waals surface area contributed by atoms with Crippen molar-refractivity contribution in [1.82, 2.24) is 9.80 Å². The molecule has 1 aliphatic carbocycles. The van der Waals surface area contributed by atoms with Crippen LogP contribution in [0.4, 0.5) is 0 Å². The first-order valence-electron chi connectivity index (χ1n) is 10.4. The van der Waals surface area contributed by atoms with Gasteiger partial charge in [-0.3, -0.25) is 4.90 Å². The number of methoxy groups -OCH3 is 1. The van der Waals surface area contributed by atoms with Gasteiger partial charge in [0, 0.05) is 46.4 Å². The molecule has 2 aromatic rings. The molecule has 0 spiro atoms. The van der Waals surface area contributed by atoms with Crippen LogP contribution in [0.15, 0.2) is 42.5 Å². The summed E-state index contributed by atoms with van der Waals surface area (Å²) in [6.07, 6.45) is 1.05. The third kappa shape index (κ3) is 4.15. The molecule has 2 atom stereocenters. The van der Waals surface area contributed by atoms with E-state index in [1.54, 1.807) is 7.11 Å². The lowest BCUT2D eigenvalue weighted by atomic mass is 9.96. The molecule has 0 amide bonds. The van der Waals surface area contributed by atoms with Crippen LogP contribution in [0.2, 0.25) is 0 Å². The highest BCUT2D eigenvalue weighted by molar-refractivity contribution is 5.76. The predicted octanol–water partition coefficient (Wildman–Crippen LogP) is 2.88. The summed E-state index contributed by atoms with van der Waals surface area (Å²) in [5.41, 5.74) is 7.07. The molecule has 2 aliphatic rings. The van der Waals surface area contributed by atoms with E-state index < -0.39 is 0 Å². The molecule has 1 saturated heterocycles. The van der Waals surface area contributed by atoms with Crippen LogP contribution in [0, 0.1) is 11.8 Å². The first-order valence-corrected chi connectivity index (χ1v) is 10.4. The summed E-state index contributed by atoms with van der Waals surface area (Å²) < 4.78 is 5.19. The van der Waals surface area contributed by atoms with Gasteiger partial charge in [0.25, 0.3) is 0 Å². The van der Waals surface area contributed by atoms with E-state index in [0.29, 0.717) is 11.8 Å². The number of ether oxygens (including phenoxy) is 1. The lowest BCUT2D eigenvalue weighted by Crippen LogP contribution is -2.33. The zero-order valence-electron chi connectivity index (χ0n) is 17.1. The van der Waals surface area contributed by atoms with Gasteiger partial charge in [-0.1, -0.05) is 42.5 Å². The van der Waals surface area contributed by atoms with E-state index in [9.17, 15) is 5.11 Å². The maximum atomic E-state index is 9.87. The SMILES string of the molecule is COCCN(C)C[C@@H]1CN(Cc2ccc3c(c2)Cc2ccccc2-3)C[C@@H]1CO. The van der Waals surface area contributed by atoms with Crippen molar-refractivity contribution in [3.63, 3.8) is 0 Å². The van der Waals surface area contributed by atoms with Gasteiger partial charge in [0.15, 0.2) is 0 Å². The first-order chi connectivity index (χ1) is 13.7. The van der Waals surface area contributed by atoms with Crippen molar-refractivity contribution in [2.24, 2.45) is 11.8 Å². The molecule has 0 saturated carbocycles. The van der Waals surface area contributed by atoms with E-state index in [2.05, 4.69) is 59.3 Å². The van der Waals surface area contributed by atoms with E-state index in [0.717, 1.165) is 45.8 Å². The fraction of sp³-hybridized carbons (Fsp3) is 0.500. The van der Waals surface area contributed by atoms with Crippen LogP contribution in [-0.2, 0) is 17.7 Å². The van der Waals surface area contributed by atoms with Crippen LogP contribution in [0.25, 0.3) is 11.1 Å². The summed E-state index contributed by atoms with van der Waals surface area (Å²) in [6, 6.07) is 15.7. The highest BCUT2D eigenvalue weighted by atomic mass is 16.5. The second-order valence-electron chi connectivity index (χ2n) is 8.48. The Morgan fingerprint density at radius 3 is 2.68 bits per heavy atom. The number of aliphatic hydroxyl groups excluding tert-OH is 1. The first kappa shape index (κ1) is 19.6. The Kier molecular flexibility index (Phi) is 6.12. The van der Waals surface area contributed by atoms with Gasteiger partial charge in [-0.25, -0.2) is 0 Å². The molecule has 1 N–H and O–H groups in total. The Bertz CT molecular complexity index is 807. The van der Waals surface area contributed by atoms with Gasteiger partial charge in [-0.2, -0.15) is 0 Å². The van der Waals surface area contributed by atoms with Gasteiger partial charge in [0.1, 0.15) is 0 Å². The molecule has 0 radical (unpaired) electrons. The average molecular weight is 381 g/mol. The summed E-state index contributed by atoms with van der Waals surface area (Å²) in [5.74, 6) is 0.884. The van der Waals surface area contributed by atoms with E-state index >= 15 is 0 Å². The van der Waals surface area contributed by atoms with Gasteiger partial charge in [0.2, 0.25) is 0 Å². The molecule has 0 bridgehead atoms. The molecular weight excluding hydrogens is 348 g/mol. The zero-order valence-corrected chi connectivity index (χ0v) is 17.1. The summed E-state index contributed by atoms with van der Waals surface area (Å²) in [6.45, 7) is 6.00. The highest BCUT2D eigenvalue weighted by Crippen LogP contribution is 2.37. The maximum absolute atomic E-state index is 9.87. The molecule has 1 fully saturated rings. The molecule has 0 unspecified atom stereocenters. The van der Waals surface area contributed by atoms with E-state index in [1.165, 1.54) is 27.8 Å². The summed E-state index contributed by atoms with van der Waals surface area (Å²) in [7, 11) is 3.89. The number of benzene rings is 2. The van der Waals surface area contributed by atoms with Crippen molar-refractivity contribution >= 4 is 0 Å². The van der Waals surface area contributed by atoms with Crippen LogP contribution < -0.4 is 0 Å². The Morgan fingerprint density at radius 1 is 1.07 bits per heavy atom. The monoisotopic (exact) mass is 380 g/mol. The van der Waals surface area contributed by atoms with E-state index in [-0.39, 0.29) is 6.61 Å². The number of likely N-dealkylation sites (tertiary alicyclic amines) is 1. The Balaban J connectivity index is 1.39. The topological polar surface area (TPSA) is 35.9 Å². The van der Waals surface area contributed by atoms with Crippen LogP contribution in [0.1, 0.15) is 16.7 Å². The Labute approximate surface area is 168 Å². The van der Waals surface area contributed by atoms with Crippen molar-refractivity contribution in [2.75, 3.05) is 53.6 Å². The van der Waals surface area contributed by atoms with Crippen molar-refractivity contribution in [2.45, 2.75) is 13.0 Å². The minimum Gasteiger partial charge on any atom is -0.396 e. The van der Waals surface area contributed by atoms with Crippen molar-refractivity contribution in [3.05, 3.63) is 59.2 Å². The summed E-state index contributed by atoms with van der Waals surface area (Å²) in [4.78, 5) is 4.84. The second kappa shape index (κ2) is 8.75. The van der Waals surface area contributed by atoms with Gasteiger partial charge in [-0.15, -0.1) is 0 Å². The Hall–Kier alpha value is -1.72. The number of rotatable bonds is 8. The molecule has 1 heterocycles. The molecule has 2 aromatic carbocycles. The number of fused-ring (bicyclic) bond motifs is 3. The quantitative estimate of drug-likeness (QED) is 0.652. The van der Waals surface area contributed by atoms with Gasteiger partial charge < -0.3 is 14.7 Å². The molecule has 4 heteroatoms. The minimum atomic E-state index is 0.277. The van der Waals surface area contributed by atoms with Crippen LogP contribution in [0.5, 0.6) is 0 Å². The zero-order chi connectivity index (χ0) is 19.5. The van der Waals surface area contributed by atoms with E-state index in [1.807, 2.05) is 0 Å². The van der Waals surface area contributed by atoms with Gasteiger partial charge in [-0.05, 0) is 53.1 Å². The normalized spacial score (nSPS) is 21.3. The maximum Gasteiger partial charge on any atom is 0.0589 e. The standard InChI is InChI=1S/C24H32N2O2/c1-25(9-10-28-2)14-21-15-26(16-22(21)17-27)13-18-7-8-24-20(11-18)12-19-5-3-4-6-23(19)24/h3-8,11,21-22,27H,9-10,12-17H2,1-2H3/t21-,22-/m1/s1. The number of hydrogen-bond donors (Lipinski definition) is 1. The number of hydrogen-bond acceptors (Lipinski definition) is 4. The van der Waals surface area contributed by atoms with Crippen LogP contribution in [0.3, 0.4) is 0 Å². The largest absolute Gasteiger partial charge is 0.396 e. The molecule has 4 nitrogen and oxygen atoms in total. The lowest BCUT2D eigenvalue weighted by molar-refractivity contribution is 0.136. The van der Waals surface area contributed by atoms with Crippen LogP contribution >= 0.6 is 0 Å². The van der Waals surface area contributed by atoms with Crippen LogP contribution in [-0.4, -0.2) is 68.5 Å². The third-order valence-electron chi connectivity index (χ3n) is 6.37. The number of nitrogens with zero attached hydrogens (tertiary/aromatic N) is 2. The fourth-order valence-electron chi connectivity index (χ4n) is 4.87. The predicted molar refractivity (Wildman–Crippen MR) is 113 cm³/mol. The Morgan fingerprint density at radius 2 is 1.86 bits per heavy atom. The molecule has 1 aliphatic heterocycles. The third-order valence-corrected chi connectivity index (χ3v) is 6.37. The van der Waals surface area contributed by atoms with Crippen molar-refractivity contribution in [3.8, 4) is 11.1 Å². The van der Waals surface area contributed by atoms with Gasteiger partial charge >= 0.3 is 0 Å². The molecule has 150 valence electrons. The molecule has 4 rings (SSSR count). The van der Waals surface area contributed by atoms with Crippen molar-refractivity contribution in [1.29, 1.82) is 0 Å². The van der Waals surface area contributed by atoms with E-state index in [4.69, 9.17) is 4.74 Å². The summed E-state index contributed by atoms with van der Waals surface area (Å²) >= 11 is 0. The second-order valence-corrected chi connectivity index (χ2v) is 8.48.